The molecule has 0 radical (unpaired) electrons. The predicted molar refractivity (Wildman–Crippen MR) is 77.2 cm³/mol. The lowest BCUT2D eigenvalue weighted by Crippen LogP contribution is -2.60. The summed E-state index contributed by atoms with van der Waals surface area (Å²) >= 11 is 1.89. The summed E-state index contributed by atoms with van der Waals surface area (Å²) in [6.07, 6.45) is 4.42. The molecule has 0 aromatic carbocycles. The molecule has 18 heavy (non-hydrogen) atoms. The van der Waals surface area contributed by atoms with E-state index in [9.17, 15) is 4.79 Å². The highest BCUT2D eigenvalue weighted by atomic mass is 32.2. The Balaban J connectivity index is 2.04. The first-order chi connectivity index (χ1) is 8.42. The summed E-state index contributed by atoms with van der Waals surface area (Å²) in [5, 5.41) is 3.47. The van der Waals surface area contributed by atoms with Gasteiger partial charge < -0.3 is 15.0 Å². The maximum Gasteiger partial charge on any atom is 0.410 e. The van der Waals surface area contributed by atoms with Crippen molar-refractivity contribution in [2.24, 2.45) is 0 Å². The maximum absolute atomic E-state index is 11.7. The van der Waals surface area contributed by atoms with E-state index in [0.29, 0.717) is 6.04 Å². The Bertz CT molecular complexity index is 260. The van der Waals surface area contributed by atoms with Crippen molar-refractivity contribution in [2.75, 3.05) is 31.6 Å². The number of hydrogen-bond acceptors (Lipinski definition) is 4. The standard InChI is InChI=1S/C13H26N2O2S/c1-13(2,3)17-12(16)15-9-11(10-15)14-7-5-6-8-18-4/h11,14H,5-10H2,1-4H3. The second kappa shape index (κ2) is 7.24. The van der Waals surface area contributed by atoms with Crippen LogP contribution in [0, 0.1) is 0 Å². The Hall–Kier alpha value is -0.420. The summed E-state index contributed by atoms with van der Waals surface area (Å²) in [4.78, 5) is 13.4. The second-order valence-electron chi connectivity index (χ2n) is 5.74. The summed E-state index contributed by atoms with van der Waals surface area (Å²) in [5.41, 5.74) is -0.395. The molecule has 0 saturated carbocycles. The van der Waals surface area contributed by atoms with Crippen LogP contribution in [-0.4, -0.2) is 54.3 Å². The number of nitrogens with zero attached hydrogens (tertiary/aromatic N) is 1. The van der Waals surface area contributed by atoms with E-state index in [1.807, 2.05) is 32.5 Å². The van der Waals surface area contributed by atoms with Gasteiger partial charge in [-0.05, 0) is 52.2 Å². The van der Waals surface area contributed by atoms with Crippen LogP contribution in [0.25, 0.3) is 0 Å². The zero-order valence-corrected chi connectivity index (χ0v) is 12.8. The number of thioether (sulfide) groups is 1. The minimum absolute atomic E-state index is 0.192. The molecule has 5 heteroatoms. The molecule has 0 aliphatic carbocycles. The Morgan fingerprint density at radius 2 is 2.06 bits per heavy atom. The number of unbranched alkanes of at least 4 members (excludes halogenated alkanes) is 1. The van der Waals surface area contributed by atoms with Crippen molar-refractivity contribution in [2.45, 2.75) is 45.3 Å². The lowest BCUT2D eigenvalue weighted by atomic mass is 10.1. The quantitative estimate of drug-likeness (QED) is 0.755. The van der Waals surface area contributed by atoms with Crippen LogP contribution in [0.15, 0.2) is 0 Å². The Morgan fingerprint density at radius 1 is 1.39 bits per heavy atom. The lowest BCUT2D eigenvalue weighted by molar-refractivity contribution is 0.00537. The normalized spacial score (nSPS) is 16.6. The Labute approximate surface area is 115 Å². The molecule has 0 bridgehead atoms. The van der Waals surface area contributed by atoms with Gasteiger partial charge in [0, 0.05) is 19.1 Å². The molecule has 4 nitrogen and oxygen atoms in total. The number of rotatable bonds is 6. The molecular weight excluding hydrogens is 248 g/mol. The van der Waals surface area contributed by atoms with E-state index in [4.69, 9.17) is 4.74 Å². The largest absolute Gasteiger partial charge is 0.444 e. The first kappa shape index (κ1) is 15.6. The molecule has 1 saturated heterocycles. The Kier molecular flexibility index (Phi) is 6.29. The number of hydrogen-bond donors (Lipinski definition) is 1. The SMILES string of the molecule is CSCCCCNC1CN(C(=O)OC(C)(C)C)C1. The van der Waals surface area contributed by atoms with Crippen LogP contribution in [0.4, 0.5) is 4.79 Å². The van der Waals surface area contributed by atoms with Gasteiger partial charge in [-0.15, -0.1) is 0 Å². The fourth-order valence-corrected chi connectivity index (χ4v) is 2.25. The van der Waals surface area contributed by atoms with Crippen LogP contribution < -0.4 is 5.32 Å². The van der Waals surface area contributed by atoms with E-state index < -0.39 is 5.60 Å². The molecule has 0 spiro atoms. The molecule has 1 heterocycles. The summed E-state index contributed by atoms with van der Waals surface area (Å²) in [6.45, 7) is 8.28. The predicted octanol–water partition coefficient (Wildman–Crippen LogP) is 2.34. The topological polar surface area (TPSA) is 41.6 Å². The average molecular weight is 274 g/mol. The highest BCUT2D eigenvalue weighted by Gasteiger charge is 2.32. The Morgan fingerprint density at radius 3 is 2.61 bits per heavy atom. The number of ether oxygens (including phenoxy) is 1. The van der Waals surface area contributed by atoms with Crippen LogP contribution in [0.5, 0.6) is 0 Å². The van der Waals surface area contributed by atoms with Gasteiger partial charge in [0.15, 0.2) is 0 Å². The summed E-state index contributed by atoms with van der Waals surface area (Å²) < 4.78 is 5.30. The summed E-state index contributed by atoms with van der Waals surface area (Å²) in [7, 11) is 0. The van der Waals surface area contributed by atoms with Gasteiger partial charge >= 0.3 is 6.09 Å². The average Bonchev–Trinajstić information content (AvgIpc) is 2.17. The summed E-state index contributed by atoms with van der Waals surface area (Å²) in [5.74, 6) is 1.23. The lowest BCUT2D eigenvalue weighted by Gasteiger charge is -2.40. The fourth-order valence-electron chi connectivity index (χ4n) is 1.76. The van der Waals surface area contributed by atoms with Crippen LogP contribution in [0.1, 0.15) is 33.6 Å². The van der Waals surface area contributed by atoms with Crippen LogP contribution >= 0.6 is 11.8 Å². The van der Waals surface area contributed by atoms with Gasteiger partial charge in [-0.2, -0.15) is 11.8 Å². The van der Waals surface area contributed by atoms with Crippen molar-refractivity contribution in [3.05, 3.63) is 0 Å². The molecule has 1 amide bonds. The van der Waals surface area contributed by atoms with Gasteiger partial charge in [0.05, 0.1) is 0 Å². The van der Waals surface area contributed by atoms with E-state index in [1.54, 1.807) is 4.90 Å². The molecule has 1 aliphatic heterocycles. The van der Waals surface area contributed by atoms with E-state index in [0.717, 1.165) is 19.6 Å². The van der Waals surface area contributed by atoms with E-state index in [1.165, 1.54) is 18.6 Å². The molecule has 0 unspecified atom stereocenters. The third-order valence-corrected chi connectivity index (χ3v) is 3.44. The van der Waals surface area contributed by atoms with Crippen molar-refractivity contribution >= 4 is 17.9 Å². The number of nitrogens with one attached hydrogen (secondary N) is 1. The number of carbonyl (C=O) groups is 1. The second-order valence-corrected chi connectivity index (χ2v) is 6.72. The molecule has 1 fully saturated rings. The third-order valence-electron chi connectivity index (χ3n) is 2.74. The minimum Gasteiger partial charge on any atom is -0.444 e. The van der Waals surface area contributed by atoms with Crippen LogP contribution in [0.3, 0.4) is 0 Å². The van der Waals surface area contributed by atoms with Gasteiger partial charge in [-0.3, -0.25) is 0 Å². The maximum atomic E-state index is 11.7. The van der Waals surface area contributed by atoms with Gasteiger partial charge in [-0.25, -0.2) is 4.79 Å². The van der Waals surface area contributed by atoms with Gasteiger partial charge in [0.2, 0.25) is 0 Å². The number of carbonyl (C=O) groups excluding carboxylic acids is 1. The molecule has 106 valence electrons. The highest BCUT2D eigenvalue weighted by molar-refractivity contribution is 7.98. The van der Waals surface area contributed by atoms with Crippen molar-refractivity contribution in [1.82, 2.24) is 10.2 Å². The molecule has 0 aromatic rings. The minimum atomic E-state index is -0.395. The molecule has 0 aromatic heterocycles. The fraction of sp³-hybridized carbons (Fsp3) is 0.923. The molecule has 0 atom stereocenters. The number of amides is 1. The monoisotopic (exact) mass is 274 g/mol. The van der Waals surface area contributed by atoms with Crippen molar-refractivity contribution in [3.8, 4) is 0 Å². The van der Waals surface area contributed by atoms with Crippen LogP contribution in [-0.2, 0) is 4.74 Å². The van der Waals surface area contributed by atoms with E-state index in [2.05, 4.69) is 11.6 Å². The van der Waals surface area contributed by atoms with Gasteiger partial charge in [0.25, 0.3) is 0 Å². The van der Waals surface area contributed by atoms with Gasteiger partial charge in [-0.1, -0.05) is 0 Å². The van der Waals surface area contributed by atoms with E-state index in [-0.39, 0.29) is 6.09 Å². The number of likely N-dealkylation sites (tertiary alicyclic amines) is 1. The summed E-state index contributed by atoms with van der Waals surface area (Å²) in [6, 6.07) is 0.451. The van der Waals surface area contributed by atoms with Crippen LogP contribution in [0.2, 0.25) is 0 Å². The highest BCUT2D eigenvalue weighted by Crippen LogP contribution is 2.15. The molecule has 1 rings (SSSR count). The van der Waals surface area contributed by atoms with Gasteiger partial charge in [0.1, 0.15) is 5.60 Å². The van der Waals surface area contributed by atoms with Crippen molar-refractivity contribution in [1.29, 1.82) is 0 Å². The van der Waals surface area contributed by atoms with Crippen molar-refractivity contribution in [3.63, 3.8) is 0 Å². The van der Waals surface area contributed by atoms with E-state index >= 15 is 0 Å². The smallest absolute Gasteiger partial charge is 0.410 e. The molecule has 1 aliphatic rings. The first-order valence-electron chi connectivity index (χ1n) is 6.62. The molecular formula is C13H26N2O2S. The zero-order valence-electron chi connectivity index (χ0n) is 12.0. The van der Waals surface area contributed by atoms with Crippen molar-refractivity contribution < 1.29 is 9.53 Å². The third kappa shape index (κ3) is 5.96. The first-order valence-corrected chi connectivity index (χ1v) is 8.02. The molecule has 1 N–H and O–H groups in total. The zero-order chi connectivity index (χ0) is 13.6.